The number of sulfonamides is 1. The van der Waals surface area contributed by atoms with E-state index in [1.165, 1.54) is 12.1 Å². The molecule has 0 fully saturated rings. The van der Waals surface area contributed by atoms with Gasteiger partial charge in [-0.05, 0) is 30.5 Å². The van der Waals surface area contributed by atoms with Gasteiger partial charge in [0.15, 0.2) is 0 Å². The zero-order chi connectivity index (χ0) is 16.2. The van der Waals surface area contributed by atoms with Gasteiger partial charge in [-0.1, -0.05) is 42.6 Å². The van der Waals surface area contributed by atoms with Gasteiger partial charge in [0.05, 0.1) is 10.5 Å². The number of hydrogen-bond acceptors (Lipinski definition) is 3. The summed E-state index contributed by atoms with van der Waals surface area (Å²) in [6, 6.07) is 2.62. The first-order valence-electron chi connectivity index (χ1n) is 6.76. The third-order valence-corrected chi connectivity index (χ3v) is 5.80. The maximum Gasteiger partial charge on any atom is 0.336 e. The summed E-state index contributed by atoms with van der Waals surface area (Å²) in [5.74, 6) is -0.877. The molecule has 1 rings (SSSR count). The van der Waals surface area contributed by atoms with E-state index < -0.39 is 16.0 Å². The molecule has 0 aliphatic rings. The molecular weight excluding hydrogens is 358 g/mol. The number of carboxylic acids is 1. The van der Waals surface area contributed by atoms with Crippen molar-refractivity contribution in [1.82, 2.24) is 4.72 Å². The average Bonchev–Trinajstić information content (AvgIpc) is 2.42. The number of benzene rings is 1. The molecule has 118 valence electrons. The second-order valence-corrected chi connectivity index (χ2v) is 7.54. The minimum atomic E-state index is -3.71. The lowest BCUT2D eigenvalue weighted by Gasteiger charge is -2.14. The van der Waals surface area contributed by atoms with Crippen LogP contribution in [-0.2, 0) is 10.0 Å². The molecule has 0 atom stereocenters. The summed E-state index contributed by atoms with van der Waals surface area (Å²) in [4.78, 5) is 11.1. The Labute approximate surface area is 133 Å². The van der Waals surface area contributed by atoms with Gasteiger partial charge in [0, 0.05) is 11.0 Å². The van der Waals surface area contributed by atoms with Crippen LogP contribution in [0.25, 0.3) is 0 Å². The summed E-state index contributed by atoms with van der Waals surface area (Å²) in [7, 11) is -3.71. The fraction of sp³-hybridized carbons (Fsp3) is 0.500. The molecule has 0 aliphatic carbocycles. The third kappa shape index (κ3) is 4.52. The van der Waals surface area contributed by atoms with Crippen molar-refractivity contribution in [3.63, 3.8) is 0 Å². The van der Waals surface area contributed by atoms with E-state index in [0.29, 0.717) is 16.6 Å². The van der Waals surface area contributed by atoms with Gasteiger partial charge < -0.3 is 5.11 Å². The number of rotatable bonds is 7. The summed E-state index contributed by atoms with van der Waals surface area (Å²) < 4.78 is 27.6. The van der Waals surface area contributed by atoms with Crippen LogP contribution >= 0.6 is 15.9 Å². The van der Waals surface area contributed by atoms with Crippen LogP contribution in [0.4, 0.5) is 0 Å². The van der Waals surface area contributed by atoms with Crippen molar-refractivity contribution in [3.8, 4) is 0 Å². The Morgan fingerprint density at radius 3 is 2.38 bits per heavy atom. The monoisotopic (exact) mass is 377 g/mol. The molecule has 0 unspecified atom stereocenters. The fourth-order valence-electron chi connectivity index (χ4n) is 1.92. The molecule has 0 bridgehead atoms. The van der Waals surface area contributed by atoms with Crippen molar-refractivity contribution < 1.29 is 18.3 Å². The summed E-state index contributed by atoms with van der Waals surface area (Å²) in [6.07, 6.45) is 1.77. The van der Waals surface area contributed by atoms with Gasteiger partial charge in [-0.25, -0.2) is 17.9 Å². The molecule has 0 heterocycles. The van der Waals surface area contributed by atoms with Crippen LogP contribution in [0.2, 0.25) is 0 Å². The van der Waals surface area contributed by atoms with E-state index in [2.05, 4.69) is 20.7 Å². The number of halogens is 1. The highest BCUT2D eigenvalue weighted by Gasteiger charge is 2.20. The first-order chi connectivity index (χ1) is 9.72. The van der Waals surface area contributed by atoms with Crippen LogP contribution in [0.3, 0.4) is 0 Å². The van der Waals surface area contributed by atoms with Gasteiger partial charge in [0.1, 0.15) is 0 Å². The molecule has 1 aromatic rings. The van der Waals surface area contributed by atoms with Crippen LogP contribution in [0.15, 0.2) is 21.5 Å². The number of carboxylic acid groups (broad SMARTS) is 1. The largest absolute Gasteiger partial charge is 0.478 e. The van der Waals surface area contributed by atoms with Gasteiger partial charge in [-0.15, -0.1) is 0 Å². The zero-order valence-electron chi connectivity index (χ0n) is 12.3. The van der Waals surface area contributed by atoms with Crippen molar-refractivity contribution in [2.24, 2.45) is 5.92 Å². The normalized spacial score (nSPS) is 11.9. The lowest BCUT2D eigenvalue weighted by Crippen LogP contribution is -2.29. The van der Waals surface area contributed by atoms with E-state index in [9.17, 15) is 13.2 Å². The van der Waals surface area contributed by atoms with Crippen LogP contribution in [-0.4, -0.2) is 26.0 Å². The molecule has 5 nitrogen and oxygen atoms in total. The van der Waals surface area contributed by atoms with Gasteiger partial charge in [-0.2, -0.15) is 0 Å². The summed E-state index contributed by atoms with van der Waals surface area (Å²) >= 11 is 3.21. The van der Waals surface area contributed by atoms with Crippen molar-refractivity contribution in [3.05, 3.63) is 27.7 Å². The molecule has 0 spiro atoms. The van der Waals surface area contributed by atoms with Gasteiger partial charge in [-0.3, -0.25) is 0 Å². The zero-order valence-corrected chi connectivity index (χ0v) is 14.7. The predicted octanol–water partition coefficient (Wildman–Crippen LogP) is 3.17. The molecule has 0 amide bonds. The van der Waals surface area contributed by atoms with E-state index in [0.717, 1.165) is 12.8 Å². The van der Waals surface area contributed by atoms with E-state index in [1.807, 2.05) is 13.8 Å². The highest BCUT2D eigenvalue weighted by molar-refractivity contribution is 9.10. The van der Waals surface area contributed by atoms with Crippen molar-refractivity contribution in [1.29, 1.82) is 0 Å². The second kappa shape index (κ2) is 7.38. The van der Waals surface area contributed by atoms with Gasteiger partial charge >= 0.3 is 5.97 Å². The molecule has 2 N–H and O–H groups in total. The lowest BCUT2D eigenvalue weighted by molar-refractivity contribution is 0.0695. The molecule has 1 aromatic carbocycles. The highest BCUT2D eigenvalue weighted by Crippen LogP contribution is 2.25. The van der Waals surface area contributed by atoms with Crippen molar-refractivity contribution >= 4 is 31.9 Å². The molecular formula is C14H20BrNO4S. The minimum Gasteiger partial charge on any atom is -0.478 e. The first-order valence-corrected chi connectivity index (χ1v) is 9.03. The Hall–Kier alpha value is -0.920. The van der Waals surface area contributed by atoms with Crippen molar-refractivity contribution in [2.75, 3.05) is 6.54 Å². The minimum absolute atomic E-state index is 0.0210. The maximum atomic E-state index is 12.3. The Morgan fingerprint density at radius 2 is 1.90 bits per heavy atom. The molecule has 7 heteroatoms. The van der Waals surface area contributed by atoms with E-state index >= 15 is 0 Å². The molecule has 0 aliphatic heterocycles. The van der Waals surface area contributed by atoms with Gasteiger partial charge in [0.2, 0.25) is 10.0 Å². The van der Waals surface area contributed by atoms with E-state index in [4.69, 9.17) is 5.11 Å². The van der Waals surface area contributed by atoms with E-state index in [-0.39, 0.29) is 16.4 Å². The molecule has 0 saturated heterocycles. The Morgan fingerprint density at radius 1 is 1.33 bits per heavy atom. The van der Waals surface area contributed by atoms with Crippen LogP contribution in [0.1, 0.15) is 42.6 Å². The number of carbonyl (C=O) groups is 1. The fourth-order valence-corrected chi connectivity index (χ4v) is 3.70. The summed E-state index contributed by atoms with van der Waals surface area (Å²) in [5.41, 5.74) is 0.480. The maximum absolute atomic E-state index is 12.3. The summed E-state index contributed by atoms with van der Waals surface area (Å²) in [5, 5.41) is 9.14. The Balaban J connectivity index is 3.12. The third-order valence-electron chi connectivity index (χ3n) is 3.58. The SMILES string of the molecule is CCC(CC)CNS(=O)(=O)c1cc(Br)c(C)c(C(=O)O)c1. The summed E-state index contributed by atoms with van der Waals surface area (Å²) in [6.45, 7) is 5.99. The topological polar surface area (TPSA) is 83.5 Å². The predicted molar refractivity (Wildman–Crippen MR) is 85.1 cm³/mol. The first kappa shape index (κ1) is 18.1. The van der Waals surface area contributed by atoms with Crippen LogP contribution in [0, 0.1) is 12.8 Å². The van der Waals surface area contributed by atoms with Gasteiger partial charge in [0.25, 0.3) is 0 Å². The molecule has 21 heavy (non-hydrogen) atoms. The standard InChI is InChI=1S/C14H20BrNO4S/c1-4-10(5-2)8-16-21(19,20)11-6-12(14(17)18)9(3)13(15)7-11/h6-7,10,16H,4-5,8H2,1-3H3,(H,17,18). The molecule has 0 saturated carbocycles. The number of hydrogen-bond donors (Lipinski definition) is 2. The smallest absolute Gasteiger partial charge is 0.336 e. The quantitative estimate of drug-likeness (QED) is 0.764. The average molecular weight is 378 g/mol. The van der Waals surface area contributed by atoms with Crippen LogP contribution < -0.4 is 4.72 Å². The molecule has 0 radical (unpaired) electrons. The van der Waals surface area contributed by atoms with Crippen LogP contribution in [0.5, 0.6) is 0 Å². The lowest BCUT2D eigenvalue weighted by atomic mass is 10.0. The number of nitrogens with one attached hydrogen (secondary N) is 1. The Kier molecular flexibility index (Phi) is 6.37. The second-order valence-electron chi connectivity index (χ2n) is 4.92. The Bertz CT molecular complexity index is 624. The van der Waals surface area contributed by atoms with Crippen molar-refractivity contribution in [2.45, 2.75) is 38.5 Å². The highest BCUT2D eigenvalue weighted by atomic mass is 79.9. The van der Waals surface area contributed by atoms with E-state index in [1.54, 1.807) is 6.92 Å². The number of aromatic carboxylic acids is 1. The molecule has 0 aromatic heterocycles.